The molecule has 21 heavy (non-hydrogen) atoms. The molecule has 0 aliphatic carbocycles. The summed E-state index contributed by atoms with van der Waals surface area (Å²) in [6, 6.07) is 5.83. The Kier molecular flexibility index (Phi) is 5.88. The number of amides is 1. The zero-order chi connectivity index (χ0) is 16.0. The fraction of sp³-hybridized carbons (Fsp3) is 0.500. The van der Waals surface area contributed by atoms with Gasteiger partial charge in [-0.1, -0.05) is 32.9 Å². The minimum Gasteiger partial charge on any atom is -0.465 e. The van der Waals surface area contributed by atoms with Crippen molar-refractivity contribution in [3.8, 4) is 0 Å². The van der Waals surface area contributed by atoms with E-state index in [1.54, 1.807) is 19.1 Å². The molecule has 1 aromatic rings. The first-order valence-electron chi connectivity index (χ1n) is 6.94. The fourth-order valence-corrected chi connectivity index (χ4v) is 1.97. The van der Waals surface area contributed by atoms with Crippen molar-refractivity contribution in [3.63, 3.8) is 0 Å². The van der Waals surface area contributed by atoms with Crippen molar-refractivity contribution in [2.75, 3.05) is 6.61 Å². The molecule has 1 N–H and O–H groups in total. The molecule has 1 atom stereocenters. The van der Waals surface area contributed by atoms with Gasteiger partial charge >= 0.3 is 5.97 Å². The maximum Gasteiger partial charge on any atom is 0.319 e. The molecule has 0 aliphatic heterocycles. The van der Waals surface area contributed by atoms with Crippen LogP contribution in [0.2, 0.25) is 0 Å². The van der Waals surface area contributed by atoms with E-state index < -0.39 is 17.3 Å². The van der Waals surface area contributed by atoms with E-state index in [9.17, 15) is 14.0 Å². The number of nitrogens with one attached hydrogen (secondary N) is 1. The summed E-state index contributed by atoms with van der Waals surface area (Å²) in [6.07, 6.45) is 0. The number of hydrogen-bond donors (Lipinski definition) is 1. The minimum atomic E-state index is -0.877. The summed E-state index contributed by atoms with van der Waals surface area (Å²) in [6.45, 7) is 7.61. The monoisotopic (exact) mass is 295 g/mol. The molecule has 1 amide bonds. The Morgan fingerprint density at radius 3 is 2.29 bits per heavy atom. The van der Waals surface area contributed by atoms with Gasteiger partial charge < -0.3 is 10.1 Å². The highest BCUT2D eigenvalue weighted by atomic mass is 19.1. The highest BCUT2D eigenvalue weighted by Crippen LogP contribution is 2.27. The normalized spacial score (nSPS) is 12.6. The molecule has 0 bridgehead atoms. The van der Waals surface area contributed by atoms with E-state index >= 15 is 0 Å². The van der Waals surface area contributed by atoms with Crippen molar-refractivity contribution in [1.29, 1.82) is 0 Å². The van der Waals surface area contributed by atoms with Gasteiger partial charge in [-0.15, -0.1) is 0 Å². The number of esters is 1. The molecule has 1 aromatic carbocycles. The topological polar surface area (TPSA) is 55.4 Å². The summed E-state index contributed by atoms with van der Waals surface area (Å²) >= 11 is 0. The first-order chi connectivity index (χ1) is 9.75. The Balaban J connectivity index is 2.73. The summed E-state index contributed by atoms with van der Waals surface area (Å²) in [5.41, 5.74) is 0.223. The van der Waals surface area contributed by atoms with Gasteiger partial charge in [0.25, 0.3) is 0 Å². The van der Waals surface area contributed by atoms with Gasteiger partial charge in [-0.3, -0.25) is 9.59 Å². The van der Waals surface area contributed by atoms with Crippen molar-refractivity contribution < 1.29 is 18.7 Å². The van der Waals surface area contributed by atoms with Crippen LogP contribution in [0.4, 0.5) is 4.39 Å². The van der Waals surface area contributed by atoms with E-state index in [1.165, 1.54) is 12.1 Å². The predicted molar refractivity (Wildman–Crippen MR) is 77.8 cm³/mol. The SMILES string of the molecule is CCOC(=O)C(C(=O)NCc1ccc(F)cc1)C(C)(C)C. The van der Waals surface area contributed by atoms with Crippen LogP contribution >= 0.6 is 0 Å². The number of benzene rings is 1. The number of carbonyl (C=O) groups excluding carboxylic acids is 2. The molecular weight excluding hydrogens is 273 g/mol. The van der Waals surface area contributed by atoms with Crippen LogP contribution in [0.3, 0.4) is 0 Å². The molecule has 0 heterocycles. The number of ether oxygens (including phenoxy) is 1. The third kappa shape index (κ3) is 5.17. The van der Waals surface area contributed by atoms with Crippen molar-refractivity contribution >= 4 is 11.9 Å². The van der Waals surface area contributed by atoms with E-state index in [4.69, 9.17) is 4.74 Å². The Morgan fingerprint density at radius 2 is 1.81 bits per heavy atom. The van der Waals surface area contributed by atoms with E-state index in [0.717, 1.165) is 5.56 Å². The van der Waals surface area contributed by atoms with E-state index in [0.29, 0.717) is 0 Å². The highest BCUT2D eigenvalue weighted by Gasteiger charge is 2.38. The minimum absolute atomic E-state index is 0.233. The van der Waals surface area contributed by atoms with Gasteiger partial charge in [0, 0.05) is 6.54 Å². The average molecular weight is 295 g/mol. The maximum absolute atomic E-state index is 12.8. The molecule has 0 saturated carbocycles. The third-order valence-corrected chi connectivity index (χ3v) is 3.03. The lowest BCUT2D eigenvalue weighted by Gasteiger charge is -2.27. The van der Waals surface area contributed by atoms with E-state index in [2.05, 4.69) is 5.32 Å². The smallest absolute Gasteiger partial charge is 0.319 e. The molecule has 116 valence electrons. The summed E-state index contributed by atoms with van der Waals surface area (Å²) in [7, 11) is 0. The molecule has 0 aromatic heterocycles. The molecule has 0 radical (unpaired) electrons. The van der Waals surface area contributed by atoms with Gasteiger partial charge in [-0.25, -0.2) is 4.39 Å². The van der Waals surface area contributed by atoms with Crippen LogP contribution in [-0.4, -0.2) is 18.5 Å². The number of hydrogen-bond acceptors (Lipinski definition) is 3. The second-order valence-corrected chi connectivity index (χ2v) is 5.90. The molecule has 5 heteroatoms. The third-order valence-electron chi connectivity index (χ3n) is 3.03. The van der Waals surface area contributed by atoms with Gasteiger partial charge in [0.15, 0.2) is 0 Å². The van der Waals surface area contributed by atoms with Gasteiger partial charge in [-0.05, 0) is 30.0 Å². The molecule has 0 spiro atoms. The molecule has 0 aliphatic rings. The first-order valence-corrected chi connectivity index (χ1v) is 6.94. The Hall–Kier alpha value is -1.91. The van der Waals surface area contributed by atoms with Gasteiger partial charge in [0.1, 0.15) is 11.7 Å². The van der Waals surface area contributed by atoms with Crippen LogP contribution in [0.1, 0.15) is 33.3 Å². The molecule has 0 fully saturated rings. The lowest BCUT2D eigenvalue weighted by atomic mass is 9.80. The van der Waals surface area contributed by atoms with Crippen molar-refractivity contribution in [2.24, 2.45) is 11.3 Å². The summed E-state index contributed by atoms with van der Waals surface area (Å²) in [4.78, 5) is 24.2. The van der Waals surface area contributed by atoms with Gasteiger partial charge in [0.05, 0.1) is 6.61 Å². The maximum atomic E-state index is 12.8. The van der Waals surface area contributed by atoms with E-state index in [1.807, 2.05) is 20.8 Å². The molecular formula is C16H22FNO3. The van der Waals surface area contributed by atoms with Gasteiger partial charge in [0.2, 0.25) is 5.91 Å². The van der Waals surface area contributed by atoms with Crippen molar-refractivity contribution in [2.45, 2.75) is 34.2 Å². The Morgan fingerprint density at radius 1 is 1.24 bits per heavy atom. The summed E-state index contributed by atoms with van der Waals surface area (Å²) in [5.74, 6) is -2.12. The molecule has 4 nitrogen and oxygen atoms in total. The largest absolute Gasteiger partial charge is 0.465 e. The van der Waals surface area contributed by atoms with Crippen LogP contribution < -0.4 is 5.32 Å². The zero-order valence-corrected chi connectivity index (χ0v) is 12.9. The molecule has 0 saturated heterocycles. The van der Waals surface area contributed by atoms with Crippen LogP contribution in [0, 0.1) is 17.2 Å². The zero-order valence-electron chi connectivity index (χ0n) is 12.9. The van der Waals surface area contributed by atoms with Crippen LogP contribution in [0.25, 0.3) is 0 Å². The lowest BCUT2D eigenvalue weighted by Crippen LogP contribution is -2.43. The highest BCUT2D eigenvalue weighted by molar-refractivity contribution is 5.98. The number of halogens is 1. The van der Waals surface area contributed by atoms with Crippen molar-refractivity contribution in [3.05, 3.63) is 35.6 Å². The van der Waals surface area contributed by atoms with Crippen LogP contribution in [0.15, 0.2) is 24.3 Å². The standard InChI is InChI=1S/C16H22FNO3/c1-5-21-15(20)13(16(2,3)4)14(19)18-10-11-6-8-12(17)9-7-11/h6-9,13H,5,10H2,1-4H3,(H,18,19). The predicted octanol–water partition coefficient (Wildman–Crippen LogP) is 2.67. The lowest BCUT2D eigenvalue weighted by molar-refractivity contribution is -0.156. The summed E-state index contributed by atoms with van der Waals surface area (Å²) in [5, 5.41) is 2.70. The average Bonchev–Trinajstić information content (AvgIpc) is 2.37. The molecule has 1 unspecified atom stereocenters. The second-order valence-electron chi connectivity index (χ2n) is 5.90. The Labute approximate surface area is 124 Å². The quantitative estimate of drug-likeness (QED) is 0.671. The van der Waals surface area contributed by atoms with Crippen LogP contribution in [-0.2, 0) is 20.9 Å². The number of carbonyl (C=O) groups is 2. The first kappa shape index (κ1) is 17.1. The number of rotatable bonds is 5. The summed E-state index contributed by atoms with van der Waals surface area (Å²) < 4.78 is 17.8. The van der Waals surface area contributed by atoms with E-state index in [-0.39, 0.29) is 24.9 Å². The van der Waals surface area contributed by atoms with Gasteiger partial charge in [-0.2, -0.15) is 0 Å². The van der Waals surface area contributed by atoms with Crippen LogP contribution in [0.5, 0.6) is 0 Å². The van der Waals surface area contributed by atoms with Crippen molar-refractivity contribution in [1.82, 2.24) is 5.32 Å². The fourth-order valence-electron chi connectivity index (χ4n) is 1.97. The second kappa shape index (κ2) is 7.20. The Bertz CT molecular complexity index is 491. The molecule has 1 rings (SSSR count).